The molecule has 0 aromatic heterocycles. The van der Waals surface area contributed by atoms with Crippen molar-refractivity contribution in [3.63, 3.8) is 0 Å². The molecular weight excluding hydrogens is 339 g/mol. The van der Waals surface area contributed by atoms with Crippen LogP contribution in [0.15, 0.2) is 48.5 Å². The van der Waals surface area contributed by atoms with Gasteiger partial charge in [0.25, 0.3) is 0 Å². The minimum Gasteiger partial charge on any atom is -0.488 e. The fourth-order valence-electron chi connectivity index (χ4n) is 1.93. The van der Waals surface area contributed by atoms with Crippen molar-refractivity contribution in [1.29, 1.82) is 0 Å². The van der Waals surface area contributed by atoms with Crippen molar-refractivity contribution in [2.75, 3.05) is 7.11 Å². The highest BCUT2D eigenvalue weighted by Gasteiger charge is 2.19. The molecule has 0 N–H and O–H groups in total. The highest BCUT2D eigenvalue weighted by Crippen LogP contribution is 2.24. The van der Waals surface area contributed by atoms with Crippen LogP contribution in [-0.4, -0.2) is 23.7 Å². The van der Waals surface area contributed by atoms with E-state index in [4.69, 9.17) is 32.7 Å². The average Bonchev–Trinajstić information content (AvgIpc) is 2.59. The predicted octanol–water partition coefficient (Wildman–Crippen LogP) is 4.04. The monoisotopic (exact) mass is 352 g/mol. The maximum Gasteiger partial charge on any atom is 0.341 e. The zero-order valence-corrected chi connectivity index (χ0v) is 13.8. The van der Waals surface area contributed by atoms with Gasteiger partial charge in [-0.3, -0.25) is 4.79 Å². The van der Waals surface area contributed by atoms with Gasteiger partial charge in [-0.2, -0.15) is 0 Å². The molecule has 0 radical (unpaired) electrons. The van der Waals surface area contributed by atoms with Crippen LogP contribution in [0.4, 0.5) is 0 Å². The fraction of sp³-hybridized carbons (Fsp3) is 0.176. The molecule has 0 aliphatic rings. The number of alkyl halides is 2. The Kier molecular flexibility index (Phi) is 6.02. The van der Waals surface area contributed by atoms with Crippen LogP contribution < -0.4 is 4.74 Å². The van der Waals surface area contributed by atoms with E-state index < -0.39 is 16.6 Å². The zero-order chi connectivity index (χ0) is 16.8. The maximum absolute atomic E-state index is 11.9. The minimum absolute atomic E-state index is 0.223. The van der Waals surface area contributed by atoms with Gasteiger partial charge in [-0.25, -0.2) is 4.79 Å². The lowest BCUT2D eigenvalue weighted by molar-refractivity contribution is 0.0595. The molecule has 2 rings (SSSR count). The van der Waals surface area contributed by atoms with Crippen molar-refractivity contribution in [3.05, 3.63) is 65.2 Å². The van der Waals surface area contributed by atoms with Gasteiger partial charge in [0.15, 0.2) is 10.6 Å². The lowest BCUT2D eigenvalue weighted by atomic mass is 10.1. The first-order valence-electron chi connectivity index (χ1n) is 6.74. The van der Waals surface area contributed by atoms with E-state index in [2.05, 4.69) is 0 Å². The van der Waals surface area contributed by atoms with E-state index in [1.54, 1.807) is 0 Å². The number of hydrogen-bond acceptors (Lipinski definition) is 4. The number of Topliss-reactive ketones (excluding diaryl/α,β-unsaturated/α-hetero) is 1. The van der Waals surface area contributed by atoms with Crippen molar-refractivity contribution >= 4 is 35.0 Å². The fourth-order valence-corrected chi connectivity index (χ4v) is 2.19. The minimum atomic E-state index is -1.18. The van der Waals surface area contributed by atoms with Crippen LogP contribution in [0.25, 0.3) is 0 Å². The number of halogens is 2. The van der Waals surface area contributed by atoms with E-state index >= 15 is 0 Å². The average molecular weight is 353 g/mol. The van der Waals surface area contributed by atoms with E-state index in [9.17, 15) is 9.59 Å². The molecule has 0 unspecified atom stereocenters. The normalized spacial score (nSPS) is 10.4. The van der Waals surface area contributed by atoms with Gasteiger partial charge in [0, 0.05) is 5.56 Å². The quantitative estimate of drug-likeness (QED) is 0.447. The number of carbonyl (C=O) groups is 2. The number of esters is 1. The summed E-state index contributed by atoms with van der Waals surface area (Å²) in [5.74, 6) is -0.782. The molecule has 2 aromatic carbocycles. The van der Waals surface area contributed by atoms with E-state index in [-0.39, 0.29) is 23.5 Å². The first-order chi connectivity index (χ1) is 11.0. The molecule has 0 saturated heterocycles. The van der Waals surface area contributed by atoms with Gasteiger partial charge in [-0.05, 0) is 17.7 Å². The Morgan fingerprint density at radius 2 is 1.78 bits per heavy atom. The van der Waals surface area contributed by atoms with E-state index in [1.807, 2.05) is 30.3 Å². The van der Waals surface area contributed by atoms with E-state index in [0.29, 0.717) is 0 Å². The molecule has 0 spiro atoms. The number of ether oxygens (including phenoxy) is 2. The van der Waals surface area contributed by atoms with Crippen LogP contribution >= 0.6 is 23.2 Å². The smallest absolute Gasteiger partial charge is 0.341 e. The van der Waals surface area contributed by atoms with E-state index in [0.717, 1.165) is 5.56 Å². The number of ketones is 1. The summed E-state index contributed by atoms with van der Waals surface area (Å²) in [5, 5.41) is 0. The number of carbonyl (C=O) groups excluding carboxylic acids is 2. The molecule has 120 valence electrons. The third-order valence-electron chi connectivity index (χ3n) is 3.11. The van der Waals surface area contributed by atoms with Gasteiger partial charge < -0.3 is 9.47 Å². The number of benzene rings is 2. The second kappa shape index (κ2) is 7.99. The summed E-state index contributed by atoms with van der Waals surface area (Å²) in [7, 11) is 1.27. The molecule has 0 amide bonds. The van der Waals surface area contributed by atoms with Crippen molar-refractivity contribution in [3.8, 4) is 5.75 Å². The van der Waals surface area contributed by atoms with Crippen LogP contribution in [0.1, 0.15) is 26.3 Å². The summed E-state index contributed by atoms with van der Waals surface area (Å²) in [4.78, 5) is 22.5. The van der Waals surface area contributed by atoms with Crippen LogP contribution in [0, 0.1) is 0 Å². The second-order valence-corrected chi connectivity index (χ2v) is 5.74. The second-order valence-electron chi connectivity index (χ2n) is 4.64. The largest absolute Gasteiger partial charge is 0.488 e. The predicted molar refractivity (Wildman–Crippen MR) is 88.4 cm³/mol. The summed E-state index contributed by atoms with van der Waals surface area (Å²) < 4.78 is 10.4. The Hall–Kier alpha value is -2.04. The molecule has 0 aliphatic carbocycles. The lowest BCUT2D eigenvalue weighted by Gasteiger charge is -2.12. The Labute approximate surface area is 143 Å². The maximum atomic E-state index is 11.9. The number of rotatable bonds is 6. The van der Waals surface area contributed by atoms with Crippen molar-refractivity contribution < 1.29 is 19.1 Å². The van der Waals surface area contributed by atoms with Crippen molar-refractivity contribution in [1.82, 2.24) is 0 Å². The van der Waals surface area contributed by atoms with Crippen LogP contribution in [0.5, 0.6) is 5.75 Å². The van der Waals surface area contributed by atoms with Crippen LogP contribution in [0.2, 0.25) is 0 Å². The molecular formula is C17H14Cl2O4. The first kappa shape index (κ1) is 17.3. The summed E-state index contributed by atoms with van der Waals surface area (Å²) >= 11 is 11.2. The van der Waals surface area contributed by atoms with Crippen LogP contribution in [-0.2, 0) is 11.3 Å². The SMILES string of the molecule is COC(=O)c1ccc(C(=O)C(Cl)Cl)cc1OCc1ccccc1. The third-order valence-corrected chi connectivity index (χ3v) is 3.50. The van der Waals surface area contributed by atoms with Gasteiger partial charge in [-0.15, -0.1) is 0 Å². The standard InChI is InChI=1S/C17H14Cl2O4/c1-22-17(21)13-8-7-12(15(20)16(18)19)9-14(13)23-10-11-5-3-2-4-6-11/h2-9,16H,10H2,1H3. The first-order valence-corrected chi connectivity index (χ1v) is 7.61. The Balaban J connectivity index is 2.30. The number of methoxy groups -OCH3 is 1. The van der Waals surface area contributed by atoms with Crippen molar-refractivity contribution in [2.45, 2.75) is 11.4 Å². The Morgan fingerprint density at radius 3 is 2.39 bits per heavy atom. The molecule has 0 atom stereocenters. The third kappa shape index (κ3) is 4.47. The van der Waals surface area contributed by atoms with E-state index in [1.165, 1.54) is 25.3 Å². The molecule has 4 nitrogen and oxygen atoms in total. The molecule has 0 heterocycles. The van der Waals surface area contributed by atoms with Gasteiger partial charge >= 0.3 is 5.97 Å². The summed E-state index contributed by atoms with van der Waals surface area (Å²) in [5.41, 5.74) is 1.41. The van der Waals surface area contributed by atoms with Gasteiger partial charge in [-0.1, -0.05) is 59.6 Å². The van der Waals surface area contributed by atoms with Crippen molar-refractivity contribution in [2.24, 2.45) is 0 Å². The van der Waals surface area contributed by atoms with Gasteiger partial charge in [0.1, 0.15) is 17.9 Å². The topological polar surface area (TPSA) is 52.6 Å². The summed E-state index contributed by atoms with van der Waals surface area (Å²) in [6.45, 7) is 0.244. The highest BCUT2D eigenvalue weighted by molar-refractivity contribution is 6.55. The van der Waals surface area contributed by atoms with Gasteiger partial charge in [0.05, 0.1) is 7.11 Å². The lowest BCUT2D eigenvalue weighted by Crippen LogP contribution is -2.11. The van der Waals surface area contributed by atoms with Gasteiger partial charge in [0.2, 0.25) is 0 Å². The molecule has 23 heavy (non-hydrogen) atoms. The molecule has 0 fully saturated rings. The Morgan fingerprint density at radius 1 is 1.09 bits per heavy atom. The van der Waals surface area contributed by atoms with Crippen LogP contribution in [0.3, 0.4) is 0 Å². The Bertz CT molecular complexity index is 699. The summed E-state index contributed by atoms with van der Waals surface area (Å²) in [6.07, 6.45) is 0. The highest BCUT2D eigenvalue weighted by atomic mass is 35.5. The molecule has 0 aliphatic heterocycles. The molecule has 2 aromatic rings. The molecule has 0 saturated carbocycles. The zero-order valence-electron chi connectivity index (χ0n) is 12.3. The molecule has 6 heteroatoms. The molecule has 0 bridgehead atoms. The number of hydrogen-bond donors (Lipinski definition) is 0. The summed E-state index contributed by atoms with van der Waals surface area (Å²) in [6, 6.07) is 13.8.